The normalized spacial score (nSPS) is 11.5. The van der Waals surface area contributed by atoms with Crippen molar-refractivity contribution in [1.82, 2.24) is 5.32 Å². The van der Waals surface area contributed by atoms with E-state index in [1.807, 2.05) is 0 Å². The molecule has 0 saturated carbocycles. The number of esters is 1. The molecule has 0 aliphatic rings. The Labute approximate surface area is 149 Å². The van der Waals surface area contributed by atoms with E-state index in [4.69, 9.17) is 32.7 Å². The molecule has 126 valence electrons. The number of carbonyl (C=O) groups excluding carboxylic acids is 2. The SMILES string of the molecule is COC(=O)C(NC(=O)c1c(Cl)ccc(Cl)c1OC)c1ccccc1. The molecule has 2 aromatic rings. The van der Waals surface area contributed by atoms with E-state index in [-0.39, 0.29) is 21.4 Å². The first kappa shape index (κ1) is 18.1. The third-order valence-electron chi connectivity index (χ3n) is 3.34. The first-order valence-corrected chi connectivity index (χ1v) is 7.70. The number of rotatable bonds is 5. The minimum absolute atomic E-state index is 0.0523. The molecule has 5 nitrogen and oxygen atoms in total. The average molecular weight is 368 g/mol. The van der Waals surface area contributed by atoms with E-state index in [1.165, 1.54) is 26.4 Å². The van der Waals surface area contributed by atoms with Crippen molar-refractivity contribution in [3.63, 3.8) is 0 Å². The van der Waals surface area contributed by atoms with Gasteiger partial charge in [-0.15, -0.1) is 0 Å². The molecule has 0 aliphatic heterocycles. The summed E-state index contributed by atoms with van der Waals surface area (Å²) in [7, 11) is 2.63. The Morgan fingerprint density at radius 2 is 1.62 bits per heavy atom. The lowest BCUT2D eigenvalue weighted by Crippen LogP contribution is -2.34. The number of methoxy groups -OCH3 is 2. The lowest BCUT2D eigenvalue weighted by molar-refractivity contribution is -0.143. The zero-order chi connectivity index (χ0) is 17.7. The van der Waals surface area contributed by atoms with Gasteiger partial charge in [-0.3, -0.25) is 4.79 Å². The summed E-state index contributed by atoms with van der Waals surface area (Å²) in [4.78, 5) is 24.7. The summed E-state index contributed by atoms with van der Waals surface area (Å²) < 4.78 is 9.93. The molecule has 0 saturated heterocycles. The Morgan fingerprint density at radius 1 is 1.00 bits per heavy atom. The molecule has 1 unspecified atom stereocenters. The number of hydrogen-bond donors (Lipinski definition) is 1. The maximum Gasteiger partial charge on any atom is 0.333 e. The molecule has 0 aromatic heterocycles. The highest BCUT2D eigenvalue weighted by atomic mass is 35.5. The van der Waals surface area contributed by atoms with Crippen LogP contribution in [0.2, 0.25) is 10.0 Å². The highest BCUT2D eigenvalue weighted by molar-refractivity contribution is 6.37. The first-order chi connectivity index (χ1) is 11.5. The fourth-order valence-corrected chi connectivity index (χ4v) is 2.66. The predicted molar refractivity (Wildman–Crippen MR) is 91.7 cm³/mol. The lowest BCUT2D eigenvalue weighted by atomic mass is 10.1. The van der Waals surface area contributed by atoms with E-state index >= 15 is 0 Å². The van der Waals surface area contributed by atoms with Crippen LogP contribution in [0.4, 0.5) is 0 Å². The van der Waals surface area contributed by atoms with E-state index in [1.54, 1.807) is 30.3 Å². The number of halogens is 2. The van der Waals surface area contributed by atoms with Crippen molar-refractivity contribution < 1.29 is 19.1 Å². The molecule has 0 fully saturated rings. The van der Waals surface area contributed by atoms with Crippen LogP contribution in [0.5, 0.6) is 5.75 Å². The zero-order valence-corrected chi connectivity index (χ0v) is 14.5. The molecule has 0 heterocycles. The summed E-state index contributed by atoms with van der Waals surface area (Å²) in [5.41, 5.74) is 0.631. The second-order valence-corrected chi connectivity index (χ2v) is 5.59. The van der Waals surface area contributed by atoms with Crippen LogP contribution < -0.4 is 10.1 Å². The van der Waals surface area contributed by atoms with Crippen LogP contribution in [-0.4, -0.2) is 26.1 Å². The number of nitrogens with one attached hydrogen (secondary N) is 1. The number of amides is 1. The van der Waals surface area contributed by atoms with Gasteiger partial charge in [0.2, 0.25) is 0 Å². The average Bonchev–Trinajstić information content (AvgIpc) is 2.61. The molecule has 1 amide bonds. The molecular weight excluding hydrogens is 353 g/mol. The molecule has 0 bridgehead atoms. The van der Waals surface area contributed by atoms with Crippen LogP contribution in [0, 0.1) is 0 Å². The molecular formula is C17H15Cl2NO4. The minimum atomic E-state index is -0.983. The van der Waals surface area contributed by atoms with Gasteiger partial charge in [0.1, 0.15) is 5.56 Å². The second-order valence-electron chi connectivity index (χ2n) is 4.78. The Hall–Kier alpha value is -2.24. The van der Waals surface area contributed by atoms with Gasteiger partial charge >= 0.3 is 5.97 Å². The summed E-state index contributed by atoms with van der Waals surface area (Å²) in [6.07, 6.45) is 0. The van der Waals surface area contributed by atoms with Crippen LogP contribution in [0.3, 0.4) is 0 Å². The van der Waals surface area contributed by atoms with Gasteiger partial charge in [0.25, 0.3) is 5.91 Å². The largest absolute Gasteiger partial charge is 0.494 e. The Bertz CT molecular complexity index is 750. The fourth-order valence-electron chi connectivity index (χ4n) is 2.19. The maximum atomic E-state index is 12.7. The molecule has 0 aliphatic carbocycles. The van der Waals surface area contributed by atoms with E-state index in [0.29, 0.717) is 5.56 Å². The Kier molecular flexibility index (Phi) is 6.06. The van der Waals surface area contributed by atoms with E-state index in [9.17, 15) is 9.59 Å². The summed E-state index contributed by atoms with van der Waals surface area (Å²) in [5, 5.41) is 3.00. The third-order valence-corrected chi connectivity index (χ3v) is 3.95. The van der Waals surface area contributed by atoms with Crippen LogP contribution in [0.1, 0.15) is 22.0 Å². The molecule has 0 spiro atoms. The Morgan fingerprint density at radius 3 is 2.21 bits per heavy atom. The number of ether oxygens (including phenoxy) is 2. The van der Waals surface area contributed by atoms with Gasteiger partial charge in [0.15, 0.2) is 11.8 Å². The van der Waals surface area contributed by atoms with Gasteiger partial charge in [-0.25, -0.2) is 4.79 Å². The highest BCUT2D eigenvalue weighted by Gasteiger charge is 2.27. The zero-order valence-electron chi connectivity index (χ0n) is 13.0. The monoisotopic (exact) mass is 367 g/mol. The summed E-state index contributed by atoms with van der Waals surface area (Å²) >= 11 is 12.1. The molecule has 7 heteroatoms. The van der Waals surface area contributed by atoms with Gasteiger partial charge in [-0.05, 0) is 17.7 Å². The molecule has 24 heavy (non-hydrogen) atoms. The van der Waals surface area contributed by atoms with E-state index in [0.717, 1.165) is 0 Å². The highest BCUT2D eigenvalue weighted by Crippen LogP contribution is 2.34. The Balaban J connectivity index is 2.39. The molecule has 1 N–H and O–H groups in total. The quantitative estimate of drug-likeness (QED) is 0.819. The van der Waals surface area contributed by atoms with Gasteiger partial charge < -0.3 is 14.8 Å². The lowest BCUT2D eigenvalue weighted by Gasteiger charge is -2.18. The third kappa shape index (κ3) is 3.80. The van der Waals surface area contributed by atoms with Gasteiger partial charge in [-0.2, -0.15) is 0 Å². The summed E-state index contributed by atoms with van der Waals surface area (Å²) in [6.45, 7) is 0. The molecule has 2 aromatic carbocycles. The molecule has 1 atom stereocenters. The molecule has 0 radical (unpaired) electrons. The van der Waals surface area contributed by atoms with Gasteiger partial charge in [0, 0.05) is 0 Å². The summed E-state index contributed by atoms with van der Waals surface area (Å²) in [5.74, 6) is -1.07. The van der Waals surface area contributed by atoms with Crippen LogP contribution in [-0.2, 0) is 9.53 Å². The number of carbonyl (C=O) groups is 2. The van der Waals surface area contributed by atoms with E-state index in [2.05, 4.69) is 5.32 Å². The van der Waals surface area contributed by atoms with Crippen LogP contribution in [0.25, 0.3) is 0 Å². The second kappa shape index (κ2) is 8.04. The summed E-state index contributed by atoms with van der Waals surface area (Å²) in [6, 6.07) is 10.7. The first-order valence-electron chi connectivity index (χ1n) is 6.95. The van der Waals surface area contributed by atoms with Crippen molar-refractivity contribution in [3.05, 3.63) is 63.6 Å². The van der Waals surface area contributed by atoms with Crippen LogP contribution >= 0.6 is 23.2 Å². The van der Waals surface area contributed by atoms with Crippen molar-refractivity contribution in [2.45, 2.75) is 6.04 Å². The van der Waals surface area contributed by atoms with E-state index < -0.39 is 17.9 Å². The van der Waals surface area contributed by atoms with Crippen molar-refractivity contribution in [1.29, 1.82) is 0 Å². The minimum Gasteiger partial charge on any atom is -0.494 e. The standard InChI is InChI=1S/C17H15Cl2NO4/c1-23-15-12(19)9-8-11(18)13(15)16(21)20-14(17(22)24-2)10-6-4-3-5-7-10/h3-9,14H,1-2H3,(H,20,21). The topological polar surface area (TPSA) is 64.6 Å². The fraction of sp³-hybridized carbons (Fsp3) is 0.176. The van der Waals surface area contributed by atoms with Crippen LogP contribution in [0.15, 0.2) is 42.5 Å². The maximum absolute atomic E-state index is 12.7. The van der Waals surface area contributed by atoms with Crippen molar-refractivity contribution in [2.24, 2.45) is 0 Å². The smallest absolute Gasteiger partial charge is 0.333 e. The predicted octanol–water partition coefficient (Wildman–Crippen LogP) is 3.65. The van der Waals surface area contributed by atoms with Crippen molar-refractivity contribution >= 4 is 35.1 Å². The number of benzene rings is 2. The van der Waals surface area contributed by atoms with Gasteiger partial charge in [-0.1, -0.05) is 53.5 Å². The van der Waals surface area contributed by atoms with Crippen molar-refractivity contribution in [3.8, 4) is 5.75 Å². The number of hydrogen-bond acceptors (Lipinski definition) is 4. The van der Waals surface area contributed by atoms with Gasteiger partial charge in [0.05, 0.1) is 24.3 Å². The van der Waals surface area contributed by atoms with Crippen molar-refractivity contribution in [2.75, 3.05) is 14.2 Å². The molecule has 2 rings (SSSR count).